The zero-order valence-electron chi connectivity index (χ0n) is 21.2. The molecule has 0 unspecified atom stereocenters. The molecule has 1 aromatic heterocycles. The monoisotopic (exact) mass is 483 g/mol. The van der Waals surface area contributed by atoms with Crippen LogP contribution in [-0.2, 0) is 17.6 Å². The summed E-state index contributed by atoms with van der Waals surface area (Å²) >= 11 is 0. The van der Waals surface area contributed by atoms with Gasteiger partial charge in [-0.1, -0.05) is 32.9 Å². The molecule has 1 aliphatic heterocycles. The van der Waals surface area contributed by atoms with Gasteiger partial charge < -0.3 is 20.5 Å². The molecule has 2 aliphatic rings. The van der Waals surface area contributed by atoms with E-state index in [0.29, 0.717) is 13.0 Å². The van der Waals surface area contributed by atoms with Gasteiger partial charge in [0.2, 0.25) is 5.91 Å². The zero-order valence-corrected chi connectivity index (χ0v) is 21.2. The van der Waals surface area contributed by atoms with Crippen LogP contribution in [0, 0.1) is 11.2 Å². The van der Waals surface area contributed by atoms with Crippen LogP contribution in [0.4, 0.5) is 4.39 Å². The number of aromatic nitrogens is 1. The molecule has 2 aromatic rings. The molecule has 7 heteroatoms. The molecule has 1 amide bonds. The number of benzene rings is 1. The molecule has 1 aliphatic carbocycles. The summed E-state index contributed by atoms with van der Waals surface area (Å²) in [5, 5.41) is 17.5. The summed E-state index contributed by atoms with van der Waals surface area (Å²) in [7, 11) is 0. The largest absolute Gasteiger partial charge is 0.485 e. The molecule has 0 saturated heterocycles. The number of fused-ring (bicyclic) bond motifs is 1. The number of nitrogens with one attached hydrogen (secondary N) is 2. The summed E-state index contributed by atoms with van der Waals surface area (Å²) in [6.45, 7) is 8.34. The average molecular weight is 484 g/mol. The highest BCUT2D eigenvalue weighted by atomic mass is 19.1. The molecular formula is C28H38FN3O3. The van der Waals surface area contributed by atoms with Gasteiger partial charge in [0.05, 0.1) is 18.3 Å². The predicted octanol–water partition coefficient (Wildman–Crippen LogP) is 4.25. The molecule has 190 valence electrons. The number of nitrogens with zero attached hydrogens (tertiary/aromatic N) is 1. The second-order valence-electron chi connectivity index (χ2n) is 11.5. The third kappa shape index (κ3) is 6.58. The lowest BCUT2D eigenvalue weighted by atomic mass is 9.73. The Morgan fingerprint density at radius 2 is 2.00 bits per heavy atom. The molecule has 1 spiro atoms. The smallest absolute Gasteiger partial charge is 0.217 e. The van der Waals surface area contributed by atoms with Gasteiger partial charge in [-0.15, -0.1) is 0 Å². The Balaban J connectivity index is 1.49. The Kier molecular flexibility index (Phi) is 7.48. The zero-order chi connectivity index (χ0) is 25.2. The molecule has 1 fully saturated rings. The van der Waals surface area contributed by atoms with E-state index in [9.17, 15) is 14.3 Å². The summed E-state index contributed by atoms with van der Waals surface area (Å²) in [6, 6.07) is 7.83. The van der Waals surface area contributed by atoms with Crippen molar-refractivity contribution >= 4 is 5.91 Å². The van der Waals surface area contributed by atoms with Crippen molar-refractivity contribution in [3.8, 4) is 5.75 Å². The number of carbonyl (C=O) groups is 1. The van der Waals surface area contributed by atoms with Crippen LogP contribution in [-0.4, -0.2) is 40.3 Å². The number of carbonyl (C=O) groups excluding carboxylic acids is 1. The van der Waals surface area contributed by atoms with Crippen molar-refractivity contribution in [1.82, 2.24) is 15.6 Å². The van der Waals surface area contributed by atoms with Crippen molar-refractivity contribution in [2.24, 2.45) is 5.41 Å². The van der Waals surface area contributed by atoms with Crippen LogP contribution in [0.2, 0.25) is 0 Å². The van der Waals surface area contributed by atoms with Crippen LogP contribution in [0.3, 0.4) is 0 Å². The van der Waals surface area contributed by atoms with Gasteiger partial charge in [-0.25, -0.2) is 4.39 Å². The highest BCUT2D eigenvalue weighted by Gasteiger charge is 2.46. The first-order valence-corrected chi connectivity index (χ1v) is 12.6. The van der Waals surface area contributed by atoms with Crippen LogP contribution in [0.15, 0.2) is 36.5 Å². The summed E-state index contributed by atoms with van der Waals surface area (Å²) in [5.41, 5.74) is 2.93. The molecule has 1 aromatic carbocycles. The van der Waals surface area contributed by atoms with Gasteiger partial charge in [0.15, 0.2) is 0 Å². The van der Waals surface area contributed by atoms with Gasteiger partial charge in [0.25, 0.3) is 0 Å². The minimum absolute atomic E-state index is 0.0271. The lowest BCUT2D eigenvalue weighted by Gasteiger charge is -2.48. The van der Waals surface area contributed by atoms with Gasteiger partial charge in [-0.05, 0) is 61.3 Å². The van der Waals surface area contributed by atoms with E-state index in [0.717, 1.165) is 54.7 Å². The fourth-order valence-electron chi connectivity index (χ4n) is 5.14. The molecule has 3 atom stereocenters. The number of aliphatic hydroxyl groups is 1. The normalized spacial score (nSPS) is 20.3. The van der Waals surface area contributed by atoms with Crippen LogP contribution < -0.4 is 15.4 Å². The van der Waals surface area contributed by atoms with E-state index < -0.39 is 12.1 Å². The first-order valence-electron chi connectivity index (χ1n) is 12.6. The lowest BCUT2D eigenvalue weighted by molar-refractivity contribution is -0.120. The number of amides is 1. The van der Waals surface area contributed by atoms with E-state index in [1.807, 2.05) is 6.20 Å². The number of hydrogen-bond acceptors (Lipinski definition) is 5. The number of ether oxygens (including phenoxy) is 1. The van der Waals surface area contributed by atoms with Gasteiger partial charge in [-0.2, -0.15) is 0 Å². The predicted molar refractivity (Wildman–Crippen MR) is 134 cm³/mol. The molecular weight excluding hydrogens is 445 g/mol. The Hall–Kier alpha value is -2.51. The first-order chi connectivity index (χ1) is 16.5. The Morgan fingerprint density at radius 3 is 2.60 bits per heavy atom. The standard InChI is InChI=1S/C28H38FN3O3/c1-18(33)32-23(12-19-6-8-20(29)9-7-19)25(34)16-31-24-15-28(10-5-11-28)35-26-17-30-21(13-22(24)26)14-27(2,3)4/h6-9,13,17,23-25,31,34H,5,10-12,14-16H2,1-4H3,(H,32,33)/t23-,24-,25+/m0/s1. The van der Waals surface area contributed by atoms with Crippen molar-refractivity contribution in [3.63, 3.8) is 0 Å². The fourth-order valence-corrected chi connectivity index (χ4v) is 5.14. The molecule has 2 heterocycles. The summed E-state index contributed by atoms with van der Waals surface area (Å²) in [6.07, 6.45) is 6.36. The van der Waals surface area contributed by atoms with Gasteiger partial charge in [-0.3, -0.25) is 9.78 Å². The maximum Gasteiger partial charge on any atom is 0.217 e. The molecule has 3 N–H and O–H groups in total. The Labute approximate surface area is 207 Å². The van der Waals surface area contributed by atoms with Crippen molar-refractivity contribution < 1.29 is 19.0 Å². The summed E-state index contributed by atoms with van der Waals surface area (Å²) < 4.78 is 19.7. The SMILES string of the molecule is CC(=O)N[C@@H](Cc1ccc(F)cc1)[C@H](O)CN[C@H]1CC2(CCC2)Oc2cnc(CC(C)(C)C)cc21. The molecule has 6 nitrogen and oxygen atoms in total. The van der Waals surface area contributed by atoms with Crippen molar-refractivity contribution in [2.45, 2.75) is 90.0 Å². The van der Waals surface area contributed by atoms with Gasteiger partial charge in [0, 0.05) is 37.2 Å². The minimum Gasteiger partial charge on any atom is -0.485 e. The van der Waals surface area contributed by atoms with Crippen molar-refractivity contribution in [3.05, 3.63) is 59.2 Å². The minimum atomic E-state index is -0.816. The number of rotatable bonds is 8. The summed E-state index contributed by atoms with van der Waals surface area (Å²) in [4.78, 5) is 16.5. The number of pyridine rings is 1. The Bertz CT molecular complexity index is 1030. The number of halogens is 1. The quantitative estimate of drug-likeness (QED) is 0.523. The van der Waals surface area contributed by atoms with E-state index in [1.165, 1.54) is 19.1 Å². The van der Waals surface area contributed by atoms with Crippen LogP contribution >= 0.6 is 0 Å². The van der Waals surface area contributed by atoms with Gasteiger partial charge >= 0.3 is 0 Å². The van der Waals surface area contributed by atoms with E-state index in [2.05, 4.69) is 42.5 Å². The van der Waals surface area contributed by atoms with E-state index in [4.69, 9.17) is 4.74 Å². The first kappa shape index (κ1) is 25.6. The van der Waals surface area contributed by atoms with Crippen LogP contribution in [0.5, 0.6) is 5.75 Å². The maximum atomic E-state index is 13.3. The second-order valence-corrected chi connectivity index (χ2v) is 11.5. The van der Waals surface area contributed by atoms with Crippen molar-refractivity contribution in [2.75, 3.05) is 6.54 Å². The number of hydrogen-bond donors (Lipinski definition) is 3. The average Bonchev–Trinajstić information content (AvgIpc) is 2.75. The van der Waals surface area contributed by atoms with Gasteiger partial charge in [0.1, 0.15) is 17.2 Å². The topological polar surface area (TPSA) is 83.5 Å². The second kappa shape index (κ2) is 10.2. The molecule has 0 radical (unpaired) electrons. The van der Waals surface area contributed by atoms with E-state index >= 15 is 0 Å². The summed E-state index contributed by atoms with van der Waals surface area (Å²) in [5.74, 6) is 0.305. The molecule has 35 heavy (non-hydrogen) atoms. The highest BCUT2D eigenvalue weighted by molar-refractivity contribution is 5.73. The van der Waals surface area contributed by atoms with Crippen LogP contribution in [0.25, 0.3) is 0 Å². The van der Waals surface area contributed by atoms with E-state index in [-0.39, 0.29) is 28.8 Å². The van der Waals surface area contributed by atoms with E-state index in [1.54, 1.807) is 12.1 Å². The third-order valence-electron chi connectivity index (χ3n) is 7.00. The third-order valence-corrected chi connectivity index (χ3v) is 7.00. The fraction of sp³-hybridized carbons (Fsp3) is 0.571. The molecule has 1 saturated carbocycles. The molecule has 0 bridgehead atoms. The lowest BCUT2D eigenvalue weighted by Crippen LogP contribution is -2.52. The number of aliphatic hydroxyl groups excluding tert-OH is 1. The van der Waals surface area contributed by atoms with Crippen molar-refractivity contribution in [1.29, 1.82) is 0 Å². The molecule has 4 rings (SSSR count). The van der Waals surface area contributed by atoms with Crippen LogP contribution in [0.1, 0.15) is 76.2 Å². The maximum absolute atomic E-state index is 13.3. The Morgan fingerprint density at radius 1 is 1.29 bits per heavy atom. The highest BCUT2D eigenvalue weighted by Crippen LogP contribution is 2.48.